The molecule has 0 saturated carbocycles. The zero-order valence-corrected chi connectivity index (χ0v) is 35.2. The fourth-order valence-electron chi connectivity index (χ4n) is 8.91. The molecule has 9 rings (SSSR count). The van der Waals surface area contributed by atoms with E-state index in [9.17, 15) is 14.4 Å². The lowest BCUT2D eigenvalue weighted by molar-refractivity contribution is -0.140. The van der Waals surface area contributed by atoms with E-state index >= 15 is 0 Å². The number of carbonyl (C=O) groups is 3. The van der Waals surface area contributed by atoms with Crippen LogP contribution in [0.15, 0.2) is 108 Å². The summed E-state index contributed by atoms with van der Waals surface area (Å²) in [6.45, 7) is 5.30. The van der Waals surface area contributed by atoms with Crippen molar-refractivity contribution in [1.29, 1.82) is 0 Å². The molecule has 4 aliphatic rings. The molecule has 0 radical (unpaired) electrons. The number of hydrogen-bond acceptors (Lipinski definition) is 10. The Bertz CT molecular complexity index is 2710. The monoisotopic (exact) mass is 829 g/mol. The van der Waals surface area contributed by atoms with Gasteiger partial charge in [-0.3, -0.25) is 34.2 Å². The molecule has 62 heavy (non-hydrogen) atoms. The highest BCUT2D eigenvalue weighted by Crippen LogP contribution is 2.43. The minimum Gasteiger partial charge on any atom is -0.496 e. The lowest BCUT2D eigenvalue weighted by Gasteiger charge is -2.23. The van der Waals surface area contributed by atoms with E-state index in [1.54, 1.807) is 32.4 Å². The van der Waals surface area contributed by atoms with Gasteiger partial charge in [0, 0.05) is 74.0 Å². The van der Waals surface area contributed by atoms with Gasteiger partial charge in [0.1, 0.15) is 12.4 Å². The second kappa shape index (κ2) is 16.7. The molecule has 12 nitrogen and oxygen atoms in total. The fraction of sp³-hybridized carbons (Fsp3) is 0.260. The molecular formula is C50H47N5O7. The number of esters is 1. The number of para-hydroxylation sites is 2. The van der Waals surface area contributed by atoms with Crippen molar-refractivity contribution in [2.24, 2.45) is 9.98 Å². The number of allylic oxidation sites excluding steroid dienone is 1. The van der Waals surface area contributed by atoms with E-state index < -0.39 is 0 Å². The molecule has 0 aliphatic carbocycles. The molecule has 2 atom stereocenters. The van der Waals surface area contributed by atoms with E-state index in [4.69, 9.17) is 28.9 Å². The van der Waals surface area contributed by atoms with Crippen LogP contribution in [0.2, 0.25) is 0 Å². The molecule has 0 N–H and O–H groups in total. The van der Waals surface area contributed by atoms with Crippen LogP contribution in [0.25, 0.3) is 5.57 Å². The third-order valence-electron chi connectivity index (χ3n) is 12.1. The van der Waals surface area contributed by atoms with E-state index in [1.807, 2.05) is 77.8 Å². The number of benzene rings is 5. The van der Waals surface area contributed by atoms with Crippen molar-refractivity contribution >= 4 is 64.2 Å². The minimum absolute atomic E-state index is 0.119. The van der Waals surface area contributed by atoms with E-state index in [1.165, 1.54) is 7.11 Å². The lowest BCUT2D eigenvalue weighted by Crippen LogP contribution is -2.37. The Morgan fingerprint density at radius 3 is 1.94 bits per heavy atom. The number of ether oxygens (including phenoxy) is 4. The second-order valence-corrected chi connectivity index (χ2v) is 16.0. The van der Waals surface area contributed by atoms with Gasteiger partial charge < -0.3 is 23.8 Å². The number of carbonyl (C=O) groups excluding carboxylic acids is 3. The Morgan fingerprint density at radius 2 is 1.32 bits per heavy atom. The molecule has 12 heteroatoms. The highest BCUT2D eigenvalue weighted by atomic mass is 16.5. The Balaban J connectivity index is 0.992. The summed E-state index contributed by atoms with van der Waals surface area (Å²) in [5, 5.41) is 0. The SMILES string of the molecule is C=C(Cc1cc(COc2cc3c(cc2OC)C(=O)N2c4ccccc4C[C@H]2C=N3)cc(N(C)CCCC(=O)OC)c1)c1cc2c(cc1OC)C(=O)N1c3ccccc3C[C@H]1C=N2. The number of anilines is 3. The average molecular weight is 830 g/mol. The Kier molecular flexibility index (Phi) is 10.8. The van der Waals surface area contributed by atoms with Gasteiger partial charge in [-0.15, -0.1) is 0 Å². The van der Waals surface area contributed by atoms with Crippen LogP contribution >= 0.6 is 0 Å². The highest BCUT2D eigenvalue weighted by molar-refractivity contribution is 6.16. The quantitative estimate of drug-likeness (QED) is 0.108. The largest absolute Gasteiger partial charge is 0.496 e. The van der Waals surface area contributed by atoms with Crippen molar-refractivity contribution in [1.82, 2.24) is 0 Å². The molecule has 4 heterocycles. The first-order valence-electron chi connectivity index (χ1n) is 20.7. The number of methoxy groups -OCH3 is 3. The van der Waals surface area contributed by atoms with E-state index in [-0.39, 0.29) is 36.5 Å². The summed E-state index contributed by atoms with van der Waals surface area (Å²) in [4.78, 5) is 55.3. The molecule has 2 amide bonds. The van der Waals surface area contributed by atoms with Crippen LogP contribution < -0.4 is 28.9 Å². The molecule has 0 bridgehead atoms. The van der Waals surface area contributed by atoms with Crippen LogP contribution in [-0.2, 0) is 35.4 Å². The van der Waals surface area contributed by atoms with E-state index in [0.29, 0.717) is 78.4 Å². The molecule has 4 aliphatic heterocycles. The van der Waals surface area contributed by atoms with Crippen LogP contribution in [-0.4, -0.2) is 77.2 Å². The van der Waals surface area contributed by atoms with E-state index in [0.717, 1.165) is 50.5 Å². The number of rotatable bonds is 13. The standard InChI is InChI=1S/C50H47N5O7/c1-30(38-23-41-39(24-45(38)59-3)49(57)54-36(27-51-41)21-33-11-6-8-13-43(33)54)17-31-18-32(20-35(19-31)53(2)16-10-15-48(56)61-5)29-62-47-26-42-40(25-46(47)60-4)50(58)55-37(28-52-42)22-34-12-7-9-14-44(34)55/h6-9,11-14,18-20,23-28,36-37H,1,10,15-17,21-22,29H2,2-5H3/t36-,37-/m0/s1. The molecule has 0 fully saturated rings. The van der Waals surface area contributed by atoms with E-state index in [2.05, 4.69) is 35.7 Å². The first-order chi connectivity index (χ1) is 30.1. The summed E-state index contributed by atoms with van der Waals surface area (Å²) in [5.74, 6) is 0.893. The van der Waals surface area contributed by atoms with Crippen molar-refractivity contribution in [3.05, 3.63) is 137 Å². The molecule has 5 aromatic rings. The number of hydrogen-bond donors (Lipinski definition) is 0. The molecular weight excluding hydrogens is 783 g/mol. The van der Waals surface area contributed by atoms with Gasteiger partial charge >= 0.3 is 5.97 Å². The normalized spacial score (nSPS) is 16.6. The Morgan fingerprint density at radius 1 is 0.742 bits per heavy atom. The minimum atomic E-state index is -0.255. The van der Waals surface area contributed by atoms with Crippen LogP contribution in [0.4, 0.5) is 28.4 Å². The van der Waals surface area contributed by atoms with Gasteiger partial charge in [0.15, 0.2) is 11.5 Å². The van der Waals surface area contributed by atoms with Crippen molar-refractivity contribution in [3.63, 3.8) is 0 Å². The number of fused-ring (bicyclic) bond motifs is 8. The predicted molar refractivity (Wildman–Crippen MR) is 242 cm³/mol. The molecule has 0 spiro atoms. The number of amides is 2. The fourth-order valence-corrected chi connectivity index (χ4v) is 8.91. The van der Waals surface area contributed by atoms with Crippen LogP contribution in [0.5, 0.6) is 17.2 Å². The third-order valence-corrected chi connectivity index (χ3v) is 12.1. The highest BCUT2D eigenvalue weighted by Gasteiger charge is 2.38. The number of nitrogens with zero attached hydrogens (tertiary/aromatic N) is 5. The summed E-state index contributed by atoms with van der Waals surface area (Å²) < 4.78 is 23.1. The van der Waals surface area contributed by atoms with Gasteiger partial charge in [-0.2, -0.15) is 0 Å². The number of aliphatic imine (C=N–C) groups is 2. The maximum atomic E-state index is 14.1. The summed E-state index contributed by atoms with van der Waals surface area (Å²) in [6, 6.07) is 28.9. The molecule has 0 unspecified atom stereocenters. The summed E-state index contributed by atoms with van der Waals surface area (Å²) in [7, 11) is 6.53. The van der Waals surface area contributed by atoms with Gasteiger partial charge in [0.2, 0.25) is 0 Å². The summed E-state index contributed by atoms with van der Waals surface area (Å²) in [5.41, 5.74) is 10.3. The Labute approximate surface area is 360 Å². The first-order valence-corrected chi connectivity index (χ1v) is 20.7. The summed E-state index contributed by atoms with van der Waals surface area (Å²) >= 11 is 0. The maximum absolute atomic E-state index is 14.1. The van der Waals surface area contributed by atoms with Crippen molar-refractivity contribution in [3.8, 4) is 17.2 Å². The first kappa shape index (κ1) is 40.2. The van der Waals surface area contributed by atoms with Crippen LogP contribution in [0, 0.1) is 0 Å². The van der Waals surface area contributed by atoms with Gasteiger partial charge in [0.25, 0.3) is 11.8 Å². The summed E-state index contributed by atoms with van der Waals surface area (Å²) in [6.07, 6.45) is 6.46. The van der Waals surface area contributed by atoms with Gasteiger partial charge in [-0.25, -0.2) is 0 Å². The second-order valence-electron chi connectivity index (χ2n) is 16.0. The van der Waals surface area contributed by atoms with Gasteiger partial charge in [0.05, 0.1) is 55.9 Å². The molecule has 5 aromatic carbocycles. The van der Waals surface area contributed by atoms with Gasteiger partial charge in [-0.1, -0.05) is 49.0 Å². The maximum Gasteiger partial charge on any atom is 0.305 e. The van der Waals surface area contributed by atoms with Gasteiger partial charge in [-0.05, 0) is 83.1 Å². The topological polar surface area (TPSA) is 123 Å². The van der Waals surface area contributed by atoms with Crippen molar-refractivity contribution in [2.75, 3.05) is 49.6 Å². The Hall–Kier alpha value is -7.21. The molecule has 314 valence electrons. The van der Waals surface area contributed by atoms with Crippen molar-refractivity contribution < 1.29 is 33.3 Å². The third kappa shape index (κ3) is 7.46. The smallest absolute Gasteiger partial charge is 0.305 e. The predicted octanol–water partition coefficient (Wildman–Crippen LogP) is 8.50. The zero-order chi connectivity index (χ0) is 43.1. The van der Waals surface area contributed by atoms with Crippen LogP contribution in [0.3, 0.4) is 0 Å². The molecule has 0 aromatic heterocycles. The van der Waals surface area contributed by atoms with Crippen molar-refractivity contribution in [2.45, 2.75) is 50.8 Å². The van der Waals surface area contributed by atoms with Crippen LogP contribution in [0.1, 0.15) is 61.4 Å². The molecule has 0 saturated heterocycles. The lowest BCUT2D eigenvalue weighted by atomic mass is 9.95. The zero-order valence-electron chi connectivity index (χ0n) is 35.2. The average Bonchev–Trinajstić information content (AvgIpc) is 3.78.